The number of hydrogen-bond donors (Lipinski definition) is 1. The molecule has 1 N–H and O–H groups in total. The summed E-state index contributed by atoms with van der Waals surface area (Å²) in [4.78, 5) is 13.7. The fourth-order valence-electron chi connectivity index (χ4n) is 4.21. The van der Waals surface area contributed by atoms with Gasteiger partial charge in [0.1, 0.15) is 12.3 Å². The summed E-state index contributed by atoms with van der Waals surface area (Å²) in [5.41, 5.74) is 4.07. The third-order valence-electron chi connectivity index (χ3n) is 6.19. The molecule has 0 heterocycles. The van der Waals surface area contributed by atoms with Gasteiger partial charge < -0.3 is 10.1 Å². The van der Waals surface area contributed by atoms with Crippen LogP contribution in [0.25, 0.3) is 0 Å². The van der Waals surface area contributed by atoms with E-state index in [4.69, 9.17) is 4.74 Å². The monoisotopic (exact) mass is 514 g/mol. The Hall–Kier alpha value is -4.10. The zero-order valence-corrected chi connectivity index (χ0v) is 21.9. The van der Waals surface area contributed by atoms with Crippen LogP contribution < -0.4 is 14.4 Å². The van der Waals surface area contributed by atoms with Gasteiger partial charge >= 0.3 is 0 Å². The number of amides is 1. The first-order valence-corrected chi connectivity index (χ1v) is 13.4. The van der Waals surface area contributed by atoms with E-state index in [-0.39, 0.29) is 10.6 Å². The van der Waals surface area contributed by atoms with Gasteiger partial charge in [0.25, 0.3) is 10.0 Å². The number of para-hydroxylation sites is 2. The van der Waals surface area contributed by atoms with Gasteiger partial charge in [-0.25, -0.2) is 8.42 Å². The zero-order valence-electron chi connectivity index (χ0n) is 21.1. The van der Waals surface area contributed by atoms with Crippen molar-refractivity contribution < 1.29 is 17.9 Å². The second-order valence-electron chi connectivity index (χ2n) is 8.76. The van der Waals surface area contributed by atoms with Crippen molar-refractivity contribution in [3.63, 3.8) is 0 Å². The average molecular weight is 515 g/mol. The highest BCUT2D eigenvalue weighted by Crippen LogP contribution is 2.32. The number of rotatable bonds is 9. The van der Waals surface area contributed by atoms with Crippen LogP contribution in [0.5, 0.6) is 5.75 Å². The minimum atomic E-state index is -4.08. The van der Waals surface area contributed by atoms with E-state index in [9.17, 15) is 13.2 Å². The number of sulfonamides is 1. The first-order chi connectivity index (χ1) is 17.8. The molecular formula is C30H30N2O4S. The quantitative estimate of drug-likeness (QED) is 0.324. The molecule has 0 radical (unpaired) electrons. The number of methoxy groups -OCH3 is 1. The van der Waals surface area contributed by atoms with Crippen molar-refractivity contribution in [2.75, 3.05) is 18.0 Å². The molecule has 37 heavy (non-hydrogen) atoms. The molecule has 1 amide bonds. The predicted octanol–water partition coefficient (Wildman–Crippen LogP) is 5.41. The van der Waals surface area contributed by atoms with Crippen molar-refractivity contribution in [2.24, 2.45) is 0 Å². The number of hydrogen-bond acceptors (Lipinski definition) is 4. The topological polar surface area (TPSA) is 75.7 Å². The summed E-state index contributed by atoms with van der Waals surface area (Å²) in [7, 11) is -2.61. The van der Waals surface area contributed by atoms with E-state index in [0.717, 1.165) is 26.6 Å². The second kappa shape index (κ2) is 11.3. The molecule has 0 unspecified atom stereocenters. The van der Waals surface area contributed by atoms with E-state index in [1.165, 1.54) is 7.11 Å². The van der Waals surface area contributed by atoms with Crippen LogP contribution in [-0.2, 0) is 14.8 Å². The molecule has 4 rings (SSSR count). The Bertz CT molecular complexity index is 1470. The number of carbonyl (C=O) groups is 1. The maximum absolute atomic E-state index is 13.8. The number of nitrogens with zero attached hydrogens (tertiary/aromatic N) is 1. The van der Waals surface area contributed by atoms with Crippen molar-refractivity contribution >= 4 is 21.6 Å². The lowest BCUT2D eigenvalue weighted by Gasteiger charge is -2.27. The number of anilines is 1. The van der Waals surface area contributed by atoms with Crippen molar-refractivity contribution in [2.45, 2.75) is 24.8 Å². The fourth-order valence-corrected chi connectivity index (χ4v) is 5.64. The Morgan fingerprint density at radius 3 is 2.14 bits per heavy atom. The van der Waals surface area contributed by atoms with Crippen LogP contribution in [-0.4, -0.2) is 28.0 Å². The van der Waals surface area contributed by atoms with Crippen molar-refractivity contribution in [3.05, 3.63) is 125 Å². The van der Waals surface area contributed by atoms with Gasteiger partial charge in [-0.3, -0.25) is 9.10 Å². The van der Waals surface area contributed by atoms with E-state index < -0.39 is 28.5 Å². The second-order valence-corrected chi connectivity index (χ2v) is 10.6. The van der Waals surface area contributed by atoms with Gasteiger partial charge in [0.15, 0.2) is 0 Å². The lowest BCUT2D eigenvalue weighted by atomic mass is 9.95. The molecule has 0 spiro atoms. The summed E-state index contributed by atoms with van der Waals surface area (Å²) < 4.78 is 34.2. The van der Waals surface area contributed by atoms with Gasteiger partial charge in [-0.15, -0.1) is 0 Å². The SMILES string of the molecule is COc1ccccc1N(CC(=O)N[C@H](c1ccccc1)c1ccccc1C)S(=O)(=O)c1ccc(C)cc1. The predicted molar refractivity (Wildman–Crippen MR) is 146 cm³/mol. The van der Waals surface area contributed by atoms with Gasteiger partial charge in [-0.05, 0) is 54.8 Å². The Labute approximate surface area is 218 Å². The number of carbonyl (C=O) groups excluding carboxylic acids is 1. The van der Waals surface area contributed by atoms with E-state index in [1.807, 2.05) is 68.4 Å². The molecule has 0 bridgehead atoms. The van der Waals surface area contributed by atoms with E-state index in [0.29, 0.717) is 5.75 Å². The molecule has 1 atom stereocenters. The maximum atomic E-state index is 13.8. The summed E-state index contributed by atoms with van der Waals surface area (Å²) in [5.74, 6) is -0.0943. The molecule has 4 aromatic carbocycles. The molecule has 0 aliphatic carbocycles. The Balaban J connectivity index is 1.73. The molecule has 4 aromatic rings. The average Bonchev–Trinajstić information content (AvgIpc) is 2.91. The normalized spacial score (nSPS) is 12.0. The molecular weight excluding hydrogens is 484 g/mol. The molecule has 0 fully saturated rings. The molecule has 7 heteroatoms. The maximum Gasteiger partial charge on any atom is 0.264 e. The summed E-state index contributed by atoms with van der Waals surface area (Å²) in [6.45, 7) is 3.45. The third-order valence-corrected chi connectivity index (χ3v) is 7.96. The standard InChI is InChI=1S/C30H30N2O4S/c1-22-17-19-25(20-18-22)37(34,35)32(27-15-9-10-16-28(27)36-3)21-29(33)31-30(24-12-5-4-6-13-24)26-14-8-7-11-23(26)2/h4-20,30H,21H2,1-3H3,(H,31,33)/t30-/m1/s1. The summed E-state index contributed by atoms with van der Waals surface area (Å²) in [6, 6.07) is 30.3. The highest BCUT2D eigenvalue weighted by molar-refractivity contribution is 7.92. The number of aryl methyl sites for hydroxylation is 2. The lowest BCUT2D eigenvalue weighted by Crippen LogP contribution is -2.42. The lowest BCUT2D eigenvalue weighted by molar-refractivity contribution is -0.120. The number of ether oxygens (including phenoxy) is 1. The molecule has 0 saturated heterocycles. The smallest absolute Gasteiger partial charge is 0.264 e. The van der Waals surface area contributed by atoms with Crippen LogP contribution >= 0.6 is 0 Å². The molecule has 190 valence electrons. The third kappa shape index (κ3) is 5.84. The van der Waals surface area contributed by atoms with Crippen molar-refractivity contribution in [1.82, 2.24) is 5.32 Å². The van der Waals surface area contributed by atoms with E-state index >= 15 is 0 Å². The van der Waals surface area contributed by atoms with Gasteiger partial charge in [-0.1, -0.05) is 84.4 Å². The van der Waals surface area contributed by atoms with E-state index in [2.05, 4.69) is 5.32 Å². The summed E-state index contributed by atoms with van der Waals surface area (Å²) in [5, 5.41) is 3.07. The summed E-state index contributed by atoms with van der Waals surface area (Å²) >= 11 is 0. The van der Waals surface area contributed by atoms with Gasteiger partial charge in [0.2, 0.25) is 5.91 Å². The first-order valence-electron chi connectivity index (χ1n) is 11.9. The van der Waals surface area contributed by atoms with Crippen molar-refractivity contribution in [3.8, 4) is 5.75 Å². The number of benzene rings is 4. The van der Waals surface area contributed by atoms with Gasteiger partial charge in [0.05, 0.1) is 23.7 Å². The minimum Gasteiger partial charge on any atom is -0.495 e. The molecule has 0 aliphatic rings. The fraction of sp³-hybridized carbons (Fsp3) is 0.167. The molecule has 0 aliphatic heterocycles. The van der Waals surface area contributed by atoms with Gasteiger partial charge in [0, 0.05) is 0 Å². The molecule has 0 saturated carbocycles. The highest BCUT2D eigenvalue weighted by atomic mass is 32.2. The first kappa shape index (κ1) is 26.0. The van der Waals surface area contributed by atoms with Crippen LogP contribution in [0.4, 0.5) is 5.69 Å². The van der Waals surface area contributed by atoms with Crippen LogP contribution in [0.3, 0.4) is 0 Å². The molecule has 0 aromatic heterocycles. The largest absolute Gasteiger partial charge is 0.495 e. The van der Waals surface area contributed by atoms with Gasteiger partial charge in [-0.2, -0.15) is 0 Å². The minimum absolute atomic E-state index is 0.0929. The van der Waals surface area contributed by atoms with Crippen molar-refractivity contribution in [1.29, 1.82) is 0 Å². The Morgan fingerprint density at radius 2 is 1.46 bits per heavy atom. The Morgan fingerprint density at radius 1 is 0.838 bits per heavy atom. The molecule has 6 nitrogen and oxygen atoms in total. The van der Waals surface area contributed by atoms with Crippen LogP contribution in [0.15, 0.2) is 108 Å². The van der Waals surface area contributed by atoms with Crippen LogP contribution in [0.2, 0.25) is 0 Å². The van der Waals surface area contributed by atoms with E-state index in [1.54, 1.807) is 48.5 Å². The summed E-state index contributed by atoms with van der Waals surface area (Å²) in [6.07, 6.45) is 0. The number of nitrogens with one attached hydrogen (secondary N) is 1. The van der Waals surface area contributed by atoms with Crippen LogP contribution in [0.1, 0.15) is 28.3 Å². The van der Waals surface area contributed by atoms with Crippen LogP contribution in [0, 0.1) is 13.8 Å². The highest BCUT2D eigenvalue weighted by Gasteiger charge is 2.30. The zero-order chi connectivity index (χ0) is 26.4. The Kier molecular flexibility index (Phi) is 7.94.